The Morgan fingerprint density at radius 3 is 2.44 bits per heavy atom. The van der Waals surface area contributed by atoms with Gasteiger partial charge < -0.3 is 14.2 Å². The minimum Gasteiger partial charge on any atom is -0.493 e. The van der Waals surface area contributed by atoms with Gasteiger partial charge in [0, 0.05) is 12.7 Å². The largest absolute Gasteiger partial charge is 0.493 e. The van der Waals surface area contributed by atoms with Gasteiger partial charge >= 0.3 is 0 Å². The van der Waals surface area contributed by atoms with Crippen LogP contribution in [0.3, 0.4) is 0 Å². The van der Waals surface area contributed by atoms with Crippen molar-refractivity contribution in [2.45, 2.75) is 13.0 Å². The van der Waals surface area contributed by atoms with Gasteiger partial charge in [0.1, 0.15) is 0 Å². The van der Waals surface area contributed by atoms with Crippen molar-refractivity contribution in [3.05, 3.63) is 23.3 Å². The summed E-state index contributed by atoms with van der Waals surface area (Å²) < 4.78 is 15.6. The first-order valence-electron chi connectivity index (χ1n) is 4.87. The molecule has 0 bridgehead atoms. The van der Waals surface area contributed by atoms with E-state index in [-0.39, 0.29) is 0 Å². The fraction of sp³-hybridized carbons (Fsp3) is 0.417. The molecule has 0 N–H and O–H groups in total. The van der Waals surface area contributed by atoms with Crippen molar-refractivity contribution in [2.75, 3.05) is 21.3 Å². The van der Waals surface area contributed by atoms with Crippen LogP contribution in [0.2, 0.25) is 0 Å². The molecule has 1 rings (SSSR count). The maximum absolute atomic E-state index is 8.74. The number of hydrogen-bond donors (Lipinski definition) is 0. The molecule has 0 spiro atoms. The van der Waals surface area contributed by atoms with Crippen LogP contribution in [0.1, 0.15) is 11.1 Å². The number of methoxy groups -OCH3 is 3. The van der Waals surface area contributed by atoms with E-state index in [0.29, 0.717) is 24.5 Å². The van der Waals surface area contributed by atoms with Gasteiger partial charge in [-0.3, -0.25) is 0 Å². The maximum atomic E-state index is 8.74. The first-order valence-corrected chi connectivity index (χ1v) is 4.87. The molecule has 0 aliphatic carbocycles. The van der Waals surface area contributed by atoms with E-state index in [0.717, 1.165) is 11.1 Å². The van der Waals surface area contributed by atoms with E-state index in [2.05, 4.69) is 6.07 Å². The smallest absolute Gasteiger partial charge is 0.166 e. The molecule has 0 saturated carbocycles. The van der Waals surface area contributed by atoms with Crippen LogP contribution in [0, 0.1) is 11.3 Å². The van der Waals surface area contributed by atoms with Crippen LogP contribution in [-0.4, -0.2) is 21.3 Å². The van der Waals surface area contributed by atoms with Crippen LogP contribution in [-0.2, 0) is 17.8 Å². The normalized spacial score (nSPS) is 9.62. The monoisotopic (exact) mass is 221 g/mol. The predicted octanol–water partition coefficient (Wildman–Crippen LogP) is 1.92. The highest BCUT2D eigenvalue weighted by atomic mass is 16.5. The molecular formula is C12H15NO3. The van der Waals surface area contributed by atoms with Crippen molar-refractivity contribution in [1.82, 2.24) is 0 Å². The van der Waals surface area contributed by atoms with Gasteiger partial charge in [0.2, 0.25) is 0 Å². The van der Waals surface area contributed by atoms with Crippen molar-refractivity contribution in [3.63, 3.8) is 0 Å². The van der Waals surface area contributed by atoms with E-state index in [1.165, 1.54) is 0 Å². The fourth-order valence-electron chi connectivity index (χ4n) is 1.59. The Morgan fingerprint density at radius 2 is 1.94 bits per heavy atom. The lowest BCUT2D eigenvalue weighted by molar-refractivity contribution is 0.180. The molecule has 0 heterocycles. The molecule has 0 radical (unpaired) electrons. The van der Waals surface area contributed by atoms with Crippen LogP contribution >= 0.6 is 0 Å². The second-order valence-electron chi connectivity index (χ2n) is 3.21. The van der Waals surface area contributed by atoms with Gasteiger partial charge in [-0.1, -0.05) is 6.07 Å². The molecule has 0 saturated heterocycles. The minimum atomic E-state index is 0.332. The molecule has 0 aliphatic heterocycles. The maximum Gasteiger partial charge on any atom is 0.166 e. The average molecular weight is 221 g/mol. The van der Waals surface area contributed by atoms with Crippen LogP contribution in [0.5, 0.6) is 11.5 Å². The summed E-state index contributed by atoms with van der Waals surface area (Å²) in [4.78, 5) is 0. The van der Waals surface area contributed by atoms with Crippen LogP contribution in [0.4, 0.5) is 0 Å². The first kappa shape index (κ1) is 12.3. The summed E-state index contributed by atoms with van der Waals surface area (Å²) in [5.41, 5.74) is 1.77. The molecule has 1 aromatic carbocycles. The molecule has 0 atom stereocenters. The molecule has 0 amide bonds. The summed E-state index contributed by atoms with van der Waals surface area (Å²) in [6.07, 6.45) is 0.332. The SMILES string of the molecule is COCc1c(CC#N)ccc(OC)c1OC. The van der Waals surface area contributed by atoms with Crippen molar-refractivity contribution in [3.8, 4) is 17.6 Å². The number of nitrogens with zero attached hydrogens (tertiary/aromatic N) is 1. The average Bonchev–Trinajstić information content (AvgIpc) is 2.31. The lowest BCUT2D eigenvalue weighted by Gasteiger charge is -2.15. The zero-order valence-corrected chi connectivity index (χ0v) is 9.74. The summed E-state index contributed by atoms with van der Waals surface area (Å²) in [5.74, 6) is 1.29. The zero-order valence-electron chi connectivity index (χ0n) is 9.74. The van der Waals surface area contributed by atoms with Gasteiger partial charge in [-0.25, -0.2) is 0 Å². The van der Waals surface area contributed by atoms with Crippen LogP contribution in [0.15, 0.2) is 12.1 Å². The summed E-state index contributed by atoms with van der Waals surface area (Å²) in [6.45, 7) is 0.400. The molecule has 4 heteroatoms. The van der Waals surface area contributed by atoms with Crippen molar-refractivity contribution >= 4 is 0 Å². The third kappa shape index (κ3) is 2.44. The summed E-state index contributed by atoms with van der Waals surface area (Å²) in [7, 11) is 4.76. The standard InChI is InChI=1S/C12H15NO3/c1-14-8-10-9(6-7-13)4-5-11(15-2)12(10)16-3/h4-5H,6,8H2,1-3H3. The summed E-state index contributed by atoms with van der Waals surface area (Å²) >= 11 is 0. The Balaban J connectivity index is 3.26. The van der Waals surface area contributed by atoms with Gasteiger partial charge in [0.05, 0.1) is 33.3 Å². The lowest BCUT2D eigenvalue weighted by Crippen LogP contribution is -2.02. The Kier molecular flexibility index (Phi) is 4.62. The number of ether oxygens (including phenoxy) is 3. The summed E-state index contributed by atoms with van der Waals surface area (Å²) in [6, 6.07) is 5.78. The third-order valence-corrected chi connectivity index (χ3v) is 2.30. The predicted molar refractivity (Wildman–Crippen MR) is 59.6 cm³/mol. The van der Waals surface area contributed by atoms with Crippen molar-refractivity contribution < 1.29 is 14.2 Å². The molecule has 86 valence electrons. The summed E-state index contributed by atoms with van der Waals surface area (Å²) in [5, 5.41) is 8.74. The number of hydrogen-bond acceptors (Lipinski definition) is 4. The van der Waals surface area contributed by atoms with E-state index >= 15 is 0 Å². The highest BCUT2D eigenvalue weighted by molar-refractivity contribution is 5.51. The molecule has 16 heavy (non-hydrogen) atoms. The van der Waals surface area contributed by atoms with E-state index in [1.807, 2.05) is 6.07 Å². The van der Waals surface area contributed by atoms with Gasteiger partial charge in [-0.05, 0) is 11.6 Å². The molecule has 1 aromatic rings. The van der Waals surface area contributed by atoms with E-state index in [4.69, 9.17) is 19.5 Å². The highest BCUT2D eigenvalue weighted by Crippen LogP contribution is 2.34. The Hall–Kier alpha value is -1.73. The van der Waals surface area contributed by atoms with E-state index in [1.54, 1.807) is 27.4 Å². The number of rotatable bonds is 5. The number of benzene rings is 1. The highest BCUT2D eigenvalue weighted by Gasteiger charge is 2.14. The van der Waals surface area contributed by atoms with E-state index in [9.17, 15) is 0 Å². The van der Waals surface area contributed by atoms with Crippen LogP contribution in [0.25, 0.3) is 0 Å². The fourth-order valence-corrected chi connectivity index (χ4v) is 1.59. The topological polar surface area (TPSA) is 51.5 Å². The minimum absolute atomic E-state index is 0.332. The molecule has 0 unspecified atom stereocenters. The molecule has 0 fully saturated rings. The third-order valence-electron chi connectivity index (χ3n) is 2.30. The second kappa shape index (κ2) is 5.99. The lowest BCUT2D eigenvalue weighted by atomic mass is 10.0. The van der Waals surface area contributed by atoms with Crippen LogP contribution < -0.4 is 9.47 Å². The molecular weight excluding hydrogens is 206 g/mol. The zero-order chi connectivity index (χ0) is 12.0. The molecule has 0 aromatic heterocycles. The number of nitriles is 1. The Bertz CT molecular complexity index is 396. The van der Waals surface area contributed by atoms with Crippen molar-refractivity contribution in [1.29, 1.82) is 5.26 Å². The van der Waals surface area contributed by atoms with E-state index < -0.39 is 0 Å². The van der Waals surface area contributed by atoms with Gasteiger partial charge in [-0.15, -0.1) is 0 Å². The molecule has 0 aliphatic rings. The Labute approximate surface area is 95.4 Å². The molecule has 4 nitrogen and oxygen atoms in total. The van der Waals surface area contributed by atoms with Crippen molar-refractivity contribution in [2.24, 2.45) is 0 Å². The first-order chi connectivity index (χ1) is 7.78. The quantitative estimate of drug-likeness (QED) is 0.762. The second-order valence-corrected chi connectivity index (χ2v) is 3.21. The van der Waals surface area contributed by atoms with Gasteiger partial charge in [0.15, 0.2) is 11.5 Å². The van der Waals surface area contributed by atoms with Gasteiger partial charge in [-0.2, -0.15) is 5.26 Å². The van der Waals surface area contributed by atoms with Gasteiger partial charge in [0.25, 0.3) is 0 Å². The Morgan fingerprint density at radius 1 is 1.19 bits per heavy atom.